The van der Waals surface area contributed by atoms with Crippen LogP contribution in [0.3, 0.4) is 0 Å². The molecule has 2 N–H and O–H groups in total. The van der Waals surface area contributed by atoms with Gasteiger partial charge in [0.2, 0.25) is 0 Å². The smallest absolute Gasteiger partial charge is 0.423 e. The standard InChI is InChI=1S/C15H22BNO3/c1-2-7-12-8-5-6-11-17(12)15(18)13-9-3-4-10-14(13)16(19)20/h3-4,9-10,12,19-20H,2,5-8,11H2,1H3/t12-/m1/s1. The molecule has 0 unspecified atom stereocenters. The van der Waals surface area contributed by atoms with Gasteiger partial charge in [-0.05, 0) is 37.2 Å². The summed E-state index contributed by atoms with van der Waals surface area (Å²) in [4.78, 5) is 14.6. The molecular formula is C15H22BNO3. The maximum atomic E-state index is 12.7. The van der Waals surface area contributed by atoms with Crippen molar-refractivity contribution in [2.24, 2.45) is 0 Å². The van der Waals surface area contributed by atoms with E-state index in [2.05, 4.69) is 6.92 Å². The quantitative estimate of drug-likeness (QED) is 0.811. The lowest BCUT2D eigenvalue weighted by Crippen LogP contribution is -2.46. The monoisotopic (exact) mass is 275 g/mol. The lowest BCUT2D eigenvalue weighted by molar-refractivity contribution is 0.0601. The van der Waals surface area contributed by atoms with Crippen molar-refractivity contribution in [3.8, 4) is 0 Å². The molecule has 0 aliphatic carbocycles. The van der Waals surface area contributed by atoms with Crippen molar-refractivity contribution in [3.05, 3.63) is 29.8 Å². The molecule has 108 valence electrons. The first-order valence-corrected chi connectivity index (χ1v) is 7.41. The van der Waals surface area contributed by atoms with Gasteiger partial charge in [-0.15, -0.1) is 0 Å². The minimum Gasteiger partial charge on any atom is -0.423 e. The van der Waals surface area contributed by atoms with Gasteiger partial charge in [0.25, 0.3) is 5.91 Å². The summed E-state index contributed by atoms with van der Waals surface area (Å²) in [7, 11) is -1.61. The van der Waals surface area contributed by atoms with Gasteiger partial charge in [-0.1, -0.05) is 31.5 Å². The highest BCUT2D eigenvalue weighted by atomic mass is 16.4. The Balaban J connectivity index is 2.25. The van der Waals surface area contributed by atoms with E-state index in [1.165, 1.54) is 6.42 Å². The zero-order valence-corrected chi connectivity index (χ0v) is 12.0. The van der Waals surface area contributed by atoms with E-state index in [-0.39, 0.29) is 11.9 Å². The summed E-state index contributed by atoms with van der Waals surface area (Å²) in [5, 5.41) is 18.8. The molecule has 1 atom stereocenters. The topological polar surface area (TPSA) is 60.8 Å². The molecule has 1 fully saturated rings. The maximum absolute atomic E-state index is 12.7. The van der Waals surface area contributed by atoms with E-state index in [1.807, 2.05) is 4.90 Å². The molecule has 1 aliphatic heterocycles. The normalized spacial score (nSPS) is 18.9. The van der Waals surface area contributed by atoms with Crippen LogP contribution in [0.2, 0.25) is 0 Å². The Morgan fingerprint density at radius 2 is 2.10 bits per heavy atom. The third-order valence-electron chi connectivity index (χ3n) is 3.98. The van der Waals surface area contributed by atoms with Crippen molar-refractivity contribution in [2.45, 2.75) is 45.1 Å². The molecule has 0 radical (unpaired) electrons. The molecule has 2 rings (SSSR count). The minimum atomic E-state index is -1.61. The van der Waals surface area contributed by atoms with Gasteiger partial charge in [0.05, 0.1) is 0 Å². The number of carbonyl (C=O) groups is 1. The van der Waals surface area contributed by atoms with Crippen LogP contribution in [0.1, 0.15) is 49.4 Å². The van der Waals surface area contributed by atoms with Gasteiger partial charge in [0, 0.05) is 18.2 Å². The Morgan fingerprint density at radius 3 is 2.80 bits per heavy atom. The summed E-state index contributed by atoms with van der Waals surface area (Å²) in [5.41, 5.74) is 0.698. The Morgan fingerprint density at radius 1 is 1.35 bits per heavy atom. The van der Waals surface area contributed by atoms with Crippen LogP contribution in [0, 0.1) is 0 Å². The molecule has 1 amide bonds. The Kier molecular flexibility index (Phi) is 5.20. The molecule has 1 aliphatic rings. The summed E-state index contributed by atoms with van der Waals surface area (Å²) < 4.78 is 0. The van der Waals surface area contributed by atoms with Gasteiger partial charge in [-0.2, -0.15) is 0 Å². The average molecular weight is 275 g/mol. The summed E-state index contributed by atoms with van der Waals surface area (Å²) in [6, 6.07) is 7.03. The van der Waals surface area contributed by atoms with Crippen LogP contribution in [0.4, 0.5) is 0 Å². The van der Waals surface area contributed by atoms with Crippen LogP contribution >= 0.6 is 0 Å². The first-order valence-electron chi connectivity index (χ1n) is 7.41. The molecule has 0 saturated carbocycles. The van der Waals surface area contributed by atoms with Gasteiger partial charge < -0.3 is 14.9 Å². The molecule has 1 aromatic carbocycles. The largest absolute Gasteiger partial charge is 0.489 e. The van der Waals surface area contributed by atoms with E-state index >= 15 is 0 Å². The van der Waals surface area contributed by atoms with Gasteiger partial charge >= 0.3 is 7.12 Å². The molecule has 1 aromatic rings. The first-order chi connectivity index (χ1) is 9.65. The molecule has 1 saturated heterocycles. The first kappa shape index (κ1) is 15.1. The molecule has 0 bridgehead atoms. The second-order valence-corrected chi connectivity index (χ2v) is 5.40. The number of likely N-dealkylation sites (tertiary alicyclic amines) is 1. The van der Waals surface area contributed by atoms with Crippen molar-refractivity contribution in [3.63, 3.8) is 0 Å². The SMILES string of the molecule is CCC[C@@H]1CCCCN1C(=O)c1ccccc1B(O)O. The molecular weight excluding hydrogens is 253 g/mol. The molecule has 4 nitrogen and oxygen atoms in total. The number of amides is 1. The highest BCUT2D eigenvalue weighted by Crippen LogP contribution is 2.22. The van der Waals surface area contributed by atoms with E-state index in [0.29, 0.717) is 11.0 Å². The number of nitrogens with zero attached hydrogens (tertiary/aromatic N) is 1. The van der Waals surface area contributed by atoms with Crippen LogP contribution in [0.15, 0.2) is 24.3 Å². The predicted molar refractivity (Wildman–Crippen MR) is 79.9 cm³/mol. The fourth-order valence-electron chi connectivity index (χ4n) is 2.97. The fourth-order valence-corrected chi connectivity index (χ4v) is 2.97. The Labute approximate surface area is 120 Å². The summed E-state index contributed by atoms with van der Waals surface area (Å²) >= 11 is 0. The van der Waals surface area contributed by atoms with Gasteiger partial charge in [-0.3, -0.25) is 4.79 Å². The second-order valence-electron chi connectivity index (χ2n) is 5.40. The van der Waals surface area contributed by atoms with Gasteiger partial charge in [-0.25, -0.2) is 0 Å². The summed E-state index contributed by atoms with van der Waals surface area (Å²) in [5.74, 6) is -0.0770. The van der Waals surface area contributed by atoms with Crippen LogP contribution in [-0.2, 0) is 0 Å². The molecule has 0 spiro atoms. The highest BCUT2D eigenvalue weighted by Gasteiger charge is 2.29. The third-order valence-corrected chi connectivity index (χ3v) is 3.98. The Hall–Kier alpha value is -1.33. The van der Waals surface area contributed by atoms with Crippen molar-refractivity contribution in [1.82, 2.24) is 4.90 Å². The molecule has 20 heavy (non-hydrogen) atoms. The molecule has 1 heterocycles. The zero-order valence-electron chi connectivity index (χ0n) is 12.0. The van der Waals surface area contributed by atoms with E-state index in [0.717, 1.165) is 32.2 Å². The van der Waals surface area contributed by atoms with Crippen molar-refractivity contribution < 1.29 is 14.8 Å². The van der Waals surface area contributed by atoms with Gasteiger partial charge in [0.1, 0.15) is 0 Å². The Bertz CT molecular complexity index is 462. The second kappa shape index (κ2) is 6.91. The maximum Gasteiger partial charge on any atom is 0.489 e. The number of benzene rings is 1. The number of rotatable bonds is 4. The van der Waals surface area contributed by atoms with Crippen LogP contribution in [0.25, 0.3) is 0 Å². The van der Waals surface area contributed by atoms with Crippen LogP contribution in [0.5, 0.6) is 0 Å². The third kappa shape index (κ3) is 3.22. The number of hydrogen-bond acceptors (Lipinski definition) is 3. The van der Waals surface area contributed by atoms with E-state index < -0.39 is 7.12 Å². The zero-order chi connectivity index (χ0) is 14.5. The lowest BCUT2D eigenvalue weighted by atomic mass is 9.76. The van der Waals surface area contributed by atoms with Gasteiger partial charge in [0.15, 0.2) is 0 Å². The summed E-state index contributed by atoms with van der Waals surface area (Å²) in [6.07, 6.45) is 5.30. The fraction of sp³-hybridized carbons (Fsp3) is 0.533. The number of piperidine rings is 1. The van der Waals surface area contributed by atoms with E-state index in [4.69, 9.17) is 0 Å². The van der Waals surface area contributed by atoms with Crippen molar-refractivity contribution >= 4 is 18.5 Å². The van der Waals surface area contributed by atoms with E-state index in [9.17, 15) is 14.8 Å². The van der Waals surface area contributed by atoms with E-state index in [1.54, 1.807) is 24.3 Å². The predicted octanol–water partition coefficient (Wildman–Crippen LogP) is 1.16. The molecule has 0 aromatic heterocycles. The van der Waals surface area contributed by atoms with Crippen molar-refractivity contribution in [2.75, 3.05) is 6.54 Å². The van der Waals surface area contributed by atoms with Crippen LogP contribution in [-0.4, -0.2) is 40.6 Å². The number of carbonyl (C=O) groups excluding carboxylic acids is 1. The highest BCUT2D eigenvalue weighted by molar-refractivity contribution is 6.60. The number of hydrogen-bond donors (Lipinski definition) is 2. The average Bonchev–Trinajstić information content (AvgIpc) is 2.47. The summed E-state index contributed by atoms with van der Waals surface area (Å²) in [6.45, 7) is 2.89. The van der Waals surface area contributed by atoms with Crippen LogP contribution < -0.4 is 5.46 Å². The lowest BCUT2D eigenvalue weighted by Gasteiger charge is -2.36. The molecule has 5 heteroatoms. The van der Waals surface area contributed by atoms with Crippen molar-refractivity contribution in [1.29, 1.82) is 0 Å². The minimum absolute atomic E-state index is 0.0770.